The zero-order valence-electron chi connectivity index (χ0n) is 16.7. The average Bonchev–Trinajstić information content (AvgIpc) is 3.53. The molecule has 1 saturated heterocycles. The number of rotatable bonds is 5. The molecule has 2 N–H and O–H groups in total. The Morgan fingerprint density at radius 2 is 2.33 bits per heavy atom. The molecule has 1 aromatic heterocycles. The van der Waals surface area contributed by atoms with Crippen molar-refractivity contribution in [3.8, 4) is 16.5 Å². The highest BCUT2D eigenvalue weighted by Crippen LogP contribution is 2.36. The van der Waals surface area contributed by atoms with E-state index in [4.69, 9.17) is 0 Å². The highest BCUT2D eigenvalue weighted by atomic mass is 32.1. The van der Waals surface area contributed by atoms with Gasteiger partial charge in [-0.2, -0.15) is 5.26 Å². The number of aromatic nitrogens is 1. The van der Waals surface area contributed by atoms with E-state index >= 15 is 0 Å². The summed E-state index contributed by atoms with van der Waals surface area (Å²) in [6, 6.07) is 7.91. The Bertz CT molecular complexity index is 1060. The Kier molecular flexibility index (Phi) is 4.80. The molecule has 8 heteroatoms. The molecular weight excluding hydrogens is 398 g/mol. The molecule has 4 atom stereocenters. The van der Waals surface area contributed by atoms with E-state index < -0.39 is 6.04 Å². The van der Waals surface area contributed by atoms with Crippen LogP contribution in [-0.4, -0.2) is 42.0 Å². The van der Waals surface area contributed by atoms with Crippen LogP contribution in [0.4, 0.5) is 5.69 Å². The number of nitrogens with zero attached hydrogens (tertiary/aromatic N) is 3. The molecule has 3 aliphatic rings. The first-order valence-electron chi connectivity index (χ1n) is 10.3. The van der Waals surface area contributed by atoms with Crippen LogP contribution in [0.2, 0.25) is 0 Å². The molecule has 2 fully saturated rings. The van der Waals surface area contributed by atoms with E-state index in [0.717, 1.165) is 46.0 Å². The third-order valence-corrected chi connectivity index (χ3v) is 7.56. The number of likely N-dealkylation sites (N-methyl/N-ethyl adjacent to an activating group) is 1. The van der Waals surface area contributed by atoms with Gasteiger partial charge in [-0.3, -0.25) is 9.59 Å². The summed E-state index contributed by atoms with van der Waals surface area (Å²) in [5.74, 6) is 0.423. The standard InChI is InChI=1S/C22H23N5O2S/c1-27-17-7-13(3-2-12(17)8-20(27)28)18-11-24-19(30-18)9-16(10-23)26-22(29)21-14-4-5-15(6-14)25-21/h2-3,7,11,14-16,21,25H,4-6,8-9H2,1H3,(H,26,29). The monoisotopic (exact) mass is 421 g/mol. The van der Waals surface area contributed by atoms with Crippen molar-refractivity contribution in [2.24, 2.45) is 5.92 Å². The van der Waals surface area contributed by atoms with Gasteiger partial charge in [0.05, 0.1) is 28.4 Å². The van der Waals surface area contributed by atoms with Crippen molar-refractivity contribution >= 4 is 28.8 Å². The van der Waals surface area contributed by atoms with Crippen LogP contribution in [-0.2, 0) is 22.4 Å². The molecule has 2 bridgehead atoms. The molecule has 0 spiro atoms. The Balaban J connectivity index is 1.26. The lowest BCUT2D eigenvalue weighted by Gasteiger charge is -2.23. The van der Waals surface area contributed by atoms with Gasteiger partial charge in [0.1, 0.15) is 6.04 Å². The average molecular weight is 422 g/mol. The minimum atomic E-state index is -0.596. The van der Waals surface area contributed by atoms with Gasteiger partial charge in [0.2, 0.25) is 11.8 Å². The van der Waals surface area contributed by atoms with Gasteiger partial charge in [-0.1, -0.05) is 12.1 Å². The van der Waals surface area contributed by atoms with Gasteiger partial charge < -0.3 is 15.5 Å². The van der Waals surface area contributed by atoms with Crippen LogP contribution in [0.25, 0.3) is 10.4 Å². The van der Waals surface area contributed by atoms with E-state index in [0.29, 0.717) is 24.8 Å². The summed E-state index contributed by atoms with van der Waals surface area (Å²) in [6.07, 6.45) is 5.92. The Morgan fingerprint density at radius 1 is 1.47 bits per heavy atom. The predicted molar refractivity (Wildman–Crippen MR) is 114 cm³/mol. The highest BCUT2D eigenvalue weighted by molar-refractivity contribution is 7.15. The molecule has 5 rings (SSSR count). The SMILES string of the molecule is CN1C(=O)Cc2ccc(-c3cnc(CC(C#N)NC(=O)C4NC5CCC4C5)s3)cc21. The fourth-order valence-corrected chi connectivity index (χ4v) is 5.81. The van der Waals surface area contributed by atoms with Gasteiger partial charge in [0.15, 0.2) is 0 Å². The van der Waals surface area contributed by atoms with Crippen molar-refractivity contribution in [1.29, 1.82) is 5.26 Å². The number of piperidine rings is 1. The fourth-order valence-electron chi connectivity index (χ4n) is 4.85. The second-order valence-electron chi connectivity index (χ2n) is 8.40. The number of thiazole rings is 1. The predicted octanol–water partition coefficient (Wildman–Crippen LogP) is 2.02. The summed E-state index contributed by atoms with van der Waals surface area (Å²) in [5.41, 5.74) is 2.98. The quantitative estimate of drug-likeness (QED) is 0.770. The van der Waals surface area contributed by atoms with Crippen molar-refractivity contribution in [3.63, 3.8) is 0 Å². The van der Waals surface area contributed by atoms with Gasteiger partial charge in [0.25, 0.3) is 0 Å². The van der Waals surface area contributed by atoms with Crippen molar-refractivity contribution in [3.05, 3.63) is 35.0 Å². The van der Waals surface area contributed by atoms with E-state index in [2.05, 4.69) is 21.7 Å². The van der Waals surface area contributed by atoms with E-state index in [-0.39, 0.29) is 17.9 Å². The van der Waals surface area contributed by atoms with Gasteiger partial charge in [-0.05, 0) is 42.4 Å². The number of hydrogen-bond acceptors (Lipinski definition) is 6. The first-order chi connectivity index (χ1) is 14.5. The number of amides is 2. The second-order valence-corrected chi connectivity index (χ2v) is 9.52. The number of anilines is 1. The maximum Gasteiger partial charge on any atom is 0.238 e. The molecular formula is C22H23N5O2S. The van der Waals surface area contributed by atoms with Crippen LogP contribution in [0.1, 0.15) is 29.8 Å². The largest absolute Gasteiger partial charge is 0.339 e. The van der Waals surface area contributed by atoms with Crippen molar-refractivity contribution in [2.45, 2.75) is 50.2 Å². The smallest absolute Gasteiger partial charge is 0.238 e. The lowest BCUT2D eigenvalue weighted by atomic mass is 9.99. The number of carbonyl (C=O) groups is 2. The molecule has 1 aromatic carbocycles. The number of nitriles is 1. The molecule has 7 nitrogen and oxygen atoms in total. The van der Waals surface area contributed by atoms with Crippen LogP contribution >= 0.6 is 11.3 Å². The van der Waals surface area contributed by atoms with Gasteiger partial charge in [-0.15, -0.1) is 11.3 Å². The highest BCUT2D eigenvalue weighted by Gasteiger charge is 2.43. The normalized spacial score (nSPS) is 25.3. The van der Waals surface area contributed by atoms with E-state index in [1.807, 2.05) is 18.2 Å². The Hall–Kier alpha value is -2.76. The lowest BCUT2D eigenvalue weighted by Crippen LogP contribution is -2.50. The fraction of sp³-hybridized carbons (Fsp3) is 0.455. The molecule has 2 aliphatic heterocycles. The number of benzene rings is 1. The van der Waals surface area contributed by atoms with E-state index in [1.54, 1.807) is 18.1 Å². The molecule has 2 amide bonds. The molecule has 4 unspecified atom stereocenters. The Morgan fingerprint density at radius 3 is 3.07 bits per heavy atom. The van der Waals surface area contributed by atoms with E-state index in [9.17, 15) is 14.9 Å². The van der Waals surface area contributed by atoms with E-state index in [1.165, 1.54) is 11.3 Å². The summed E-state index contributed by atoms with van der Waals surface area (Å²) in [7, 11) is 1.79. The summed E-state index contributed by atoms with van der Waals surface area (Å²) in [4.78, 5) is 31.7. The second kappa shape index (κ2) is 7.49. The maximum atomic E-state index is 12.6. The van der Waals surface area contributed by atoms with Crippen LogP contribution in [0.15, 0.2) is 24.4 Å². The zero-order chi connectivity index (χ0) is 20.8. The third kappa shape index (κ3) is 3.38. The van der Waals surface area contributed by atoms with Gasteiger partial charge in [0, 0.05) is 31.4 Å². The first-order valence-corrected chi connectivity index (χ1v) is 11.1. The van der Waals surface area contributed by atoms with Crippen LogP contribution < -0.4 is 15.5 Å². The number of nitrogens with one attached hydrogen (secondary N) is 2. The van der Waals surface area contributed by atoms with Crippen LogP contribution in [0.5, 0.6) is 0 Å². The summed E-state index contributed by atoms with van der Waals surface area (Å²) < 4.78 is 0. The minimum absolute atomic E-state index is 0.0724. The van der Waals surface area contributed by atoms with Crippen LogP contribution in [0.3, 0.4) is 0 Å². The summed E-state index contributed by atoms with van der Waals surface area (Å²) >= 11 is 1.52. The maximum absolute atomic E-state index is 12.6. The lowest BCUT2D eigenvalue weighted by molar-refractivity contribution is -0.124. The first kappa shape index (κ1) is 19.2. The van der Waals surface area contributed by atoms with Crippen LogP contribution in [0, 0.1) is 17.2 Å². The van der Waals surface area contributed by atoms with Crippen molar-refractivity contribution < 1.29 is 9.59 Å². The summed E-state index contributed by atoms with van der Waals surface area (Å²) in [5, 5.41) is 16.6. The molecule has 0 radical (unpaired) electrons. The third-order valence-electron chi connectivity index (χ3n) is 6.49. The molecule has 2 aromatic rings. The number of hydrogen-bond donors (Lipinski definition) is 2. The summed E-state index contributed by atoms with van der Waals surface area (Å²) in [6.45, 7) is 0. The topological polar surface area (TPSA) is 98.1 Å². The molecule has 154 valence electrons. The molecule has 1 saturated carbocycles. The Labute approximate surface area is 179 Å². The van der Waals surface area contributed by atoms with Gasteiger partial charge >= 0.3 is 0 Å². The molecule has 3 heterocycles. The van der Waals surface area contributed by atoms with Crippen molar-refractivity contribution in [2.75, 3.05) is 11.9 Å². The molecule has 30 heavy (non-hydrogen) atoms. The number of carbonyl (C=O) groups excluding carboxylic acids is 2. The minimum Gasteiger partial charge on any atom is -0.339 e. The number of fused-ring (bicyclic) bond motifs is 3. The van der Waals surface area contributed by atoms with Gasteiger partial charge in [-0.25, -0.2) is 4.98 Å². The van der Waals surface area contributed by atoms with Crippen molar-refractivity contribution in [1.82, 2.24) is 15.6 Å². The zero-order valence-corrected chi connectivity index (χ0v) is 17.5. The molecule has 1 aliphatic carbocycles.